The van der Waals surface area contributed by atoms with Gasteiger partial charge in [0, 0.05) is 6.04 Å². The van der Waals surface area contributed by atoms with Crippen LogP contribution in [0.2, 0.25) is 0 Å². The normalized spacial score (nSPS) is 16.9. The van der Waals surface area contributed by atoms with Gasteiger partial charge in [0.25, 0.3) is 0 Å². The Hall–Kier alpha value is -1.09. The first-order valence-corrected chi connectivity index (χ1v) is 6.27. The predicted molar refractivity (Wildman–Crippen MR) is 66.6 cm³/mol. The Morgan fingerprint density at radius 3 is 2.88 bits per heavy atom. The molecular formula is C14H20FNO. The molecule has 1 saturated carbocycles. The average molecular weight is 237 g/mol. The number of aryl methyl sites for hydroxylation is 1. The van der Waals surface area contributed by atoms with Crippen LogP contribution >= 0.6 is 0 Å². The van der Waals surface area contributed by atoms with Crippen molar-refractivity contribution in [3.8, 4) is 5.75 Å². The maximum Gasteiger partial charge on any atom is 0.165 e. The van der Waals surface area contributed by atoms with E-state index >= 15 is 0 Å². The molecule has 1 aliphatic rings. The van der Waals surface area contributed by atoms with Crippen molar-refractivity contribution in [2.75, 3.05) is 7.11 Å². The molecule has 1 aromatic carbocycles. The molecule has 0 saturated heterocycles. The molecule has 3 heteroatoms. The number of hydrogen-bond donors (Lipinski definition) is 1. The Morgan fingerprint density at radius 1 is 1.47 bits per heavy atom. The average Bonchev–Trinajstić information content (AvgIpc) is 3.10. The lowest BCUT2D eigenvalue weighted by molar-refractivity contribution is 0.380. The molecule has 0 radical (unpaired) electrons. The molecule has 2 nitrogen and oxygen atoms in total. The highest BCUT2D eigenvalue weighted by molar-refractivity contribution is 5.35. The van der Waals surface area contributed by atoms with Crippen LogP contribution in [0, 0.1) is 11.7 Å². The van der Waals surface area contributed by atoms with Gasteiger partial charge in [-0.3, -0.25) is 0 Å². The summed E-state index contributed by atoms with van der Waals surface area (Å²) in [4.78, 5) is 0. The topological polar surface area (TPSA) is 35.2 Å². The Morgan fingerprint density at radius 2 is 2.24 bits per heavy atom. The first-order valence-electron chi connectivity index (χ1n) is 6.27. The largest absolute Gasteiger partial charge is 0.493 e. The molecule has 0 bridgehead atoms. The van der Waals surface area contributed by atoms with E-state index in [4.69, 9.17) is 10.5 Å². The summed E-state index contributed by atoms with van der Waals surface area (Å²) < 4.78 is 18.5. The number of nitrogens with two attached hydrogens (primary N) is 1. The molecule has 0 amide bonds. The number of methoxy groups -OCH3 is 1. The fraction of sp³-hybridized carbons (Fsp3) is 0.571. The van der Waals surface area contributed by atoms with Crippen LogP contribution in [-0.2, 0) is 6.42 Å². The molecule has 1 atom stereocenters. The van der Waals surface area contributed by atoms with Crippen molar-refractivity contribution < 1.29 is 9.13 Å². The molecule has 0 heterocycles. The van der Waals surface area contributed by atoms with Crippen LogP contribution in [0.3, 0.4) is 0 Å². The number of halogens is 1. The summed E-state index contributed by atoms with van der Waals surface area (Å²) in [7, 11) is 1.51. The number of ether oxygens (including phenoxy) is 1. The highest BCUT2D eigenvalue weighted by atomic mass is 19.1. The van der Waals surface area contributed by atoms with Crippen molar-refractivity contribution in [2.45, 2.75) is 38.1 Å². The fourth-order valence-corrected chi connectivity index (χ4v) is 2.22. The molecule has 1 unspecified atom stereocenters. The number of benzene rings is 1. The van der Waals surface area contributed by atoms with E-state index in [9.17, 15) is 4.39 Å². The third-order valence-electron chi connectivity index (χ3n) is 3.37. The molecule has 1 aliphatic carbocycles. The van der Waals surface area contributed by atoms with E-state index < -0.39 is 0 Å². The minimum absolute atomic E-state index is 0.232. The number of rotatable bonds is 6. The maximum atomic E-state index is 13.4. The minimum Gasteiger partial charge on any atom is -0.493 e. The zero-order valence-corrected chi connectivity index (χ0v) is 10.3. The van der Waals surface area contributed by atoms with Crippen molar-refractivity contribution in [1.29, 1.82) is 0 Å². The summed E-state index contributed by atoms with van der Waals surface area (Å²) in [5.41, 5.74) is 6.97. The predicted octanol–water partition coefficient (Wildman–Crippen LogP) is 2.89. The standard InChI is InChI=1S/C14H20FNO/c1-17-14-11(3-2-4-13(14)15)7-8-12(16)9-10-5-6-10/h2-4,10,12H,5-9,16H2,1H3. The lowest BCUT2D eigenvalue weighted by Gasteiger charge is -2.13. The summed E-state index contributed by atoms with van der Waals surface area (Å²) in [5, 5.41) is 0. The van der Waals surface area contributed by atoms with Crippen LogP contribution in [0.5, 0.6) is 5.75 Å². The second kappa shape index (κ2) is 5.50. The van der Waals surface area contributed by atoms with Gasteiger partial charge in [-0.2, -0.15) is 0 Å². The summed E-state index contributed by atoms with van der Waals surface area (Å²) in [5.74, 6) is 0.922. The van der Waals surface area contributed by atoms with E-state index in [0.717, 1.165) is 30.7 Å². The smallest absolute Gasteiger partial charge is 0.165 e. The van der Waals surface area contributed by atoms with E-state index in [1.165, 1.54) is 26.0 Å². The van der Waals surface area contributed by atoms with Crippen LogP contribution in [-0.4, -0.2) is 13.2 Å². The van der Waals surface area contributed by atoms with E-state index in [-0.39, 0.29) is 11.9 Å². The highest BCUT2D eigenvalue weighted by Gasteiger charge is 2.23. The molecule has 2 N–H and O–H groups in total. The molecule has 0 aliphatic heterocycles. The first-order chi connectivity index (χ1) is 8.20. The Labute approximate surface area is 102 Å². The lowest BCUT2D eigenvalue weighted by atomic mass is 10.0. The van der Waals surface area contributed by atoms with Gasteiger partial charge >= 0.3 is 0 Å². The molecule has 0 aromatic heterocycles. The summed E-state index contributed by atoms with van der Waals surface area (Å²) in [6, 6.07) is 5.29. The first kappa shape index (κ1) is 12.4. The maximum absolute atomic E-state index is 13.4. The van der Waals surface area contributed by atoms with Crippen molar-refractivity contribution in [3.63, 3.8) is 0 Å². The molecule has 1 fully saturated rings. The second-order valence-electron chi connectivity index (χ2n) is 4.91. The van der Waals surface area contributed by atoms with Gasteiger partial charge in [0.1, 0.15) is 0 Å². The van der Waals surface area contributed by atoms with E-state index in [0.29, 0.717) is 5.75 Å². The van der Waals surface area contributed by atoms with Gasteiger partial charge in [-0.25, -0.2) is 4.39 Å². The van der Waals surface area contributed by atoms with Crippen molar-refractivity contribution in [2.24, 2.45) is 11.7 Å². The second-order valence-corrected chi connectivity index (χ2v) is 4.91. The SMILES string of the molecule is COc1c(F)cccc1CCC(N)CC1CC1. The molecule has 94 valence electrons. The fourth-order valence-electron chi connectivity index (χ4n) is 2.22. The highest BCUT2D eigenvalue weighted by Crippen LogP contribution is 2.34. The Bertz CT molecular complexity index is 376. The number of para-hydroxylation sites is 1. The van der Waals surface area contributed by atoms with E-state index in [2.05, 4.69) is 0 Å². The van der Waals surface area contributed by atoms with Crippen molar-refractivity contribution in [3.05, 3.63) is 29.6 Å². The molecule has 17 heavy (non-hydrogen) atoms. The van der Waals surface area contributed by atoms with Crippen LogP contribution in [0.4, 0.5) is 4.39 Å². The van der Waals surface area contributed by atoms with Crippen LogP contribution < -0.4 is 10.5 Å². The third kappa shape index (κ3) is 3.43. The van der Waals surface area contributed by atoms with Gasteiger partial charge in [0.2, 0.25) is 0 Å². The van der Waals surface area contributed by atoms with Gasteiger partial charge in [-0.15, -0.1) is 0 Å². The van der Waals surface area contributed by atoms with Crippen molar-refractivity contribution in [1.82, 2.24) is 0 Å². The molecule has 0 spiro atoms. The van der Waals surface area contributed by atoms with Crippen LogP contribution in [0.15, 0.2) is 18.2 Å². The molecule has 1 aromatic rings. The summed E-state index contributed by atoms with van der Waals surface area (Å²) in [6.45, 7) is 0. The summed E-state index contributed by atoms with van der Waals surface area (Å²) >= 11 is 0. The molecule has 2 rings (SSSR count). The van der Waals surface area contributed by atoms with E-state index in [1.54, 1.807) is 6.07 Å². The monoisotopic (exact) mass is 237 g/mol. The van der Waals surface area contributed by atoms with E-state index in [1.807, 2.05) is 6.07 Å². The lowest BCUT2D eigenvalue weighted by Crippen LogP contribution is -2.21. The third-order valence-corrected chi connectivity index (χ3v) is 3.37. The van der Waals surface area contributed by atoms with Gasteiger partial charge in [0.05, 0.1) is 7.11 Å². The van der Waals surface area contributed by atoms with Gasteiger partial charge in [-0.05, 0) is 36.8 Å². The van der Waals surface area contributed by atoms with Crippen molar-refractivity contribution >= 4 is 0 Å². The quantitative estimate of drug-likeness (QED) is 0.825. The van der Waals surface area contributed by atoms with Crippen LogP contribution in [0.1, 0.15) is 31.2 Å². The van der Waals surface area contributed by atoms with Gasteiger partial charge < -0.3 is 10.5 Å². The number of hydrogen-bond acceptors (Lipinski definition) is 2. The van der Waals surface area contributed by atoms with Gasteiger partial charge in [-0.1, -0.05) is 25.0 Å². The Balaban J connectivity index is 1.90. The summed E-state index contributed by atoms with van der Waals surface area (Å²) in [6.07, 6.45) is 5.46. The van der Waals surface area contributed by atoms with Crippen LogP contribution in [0.25, 0.3) is 0 Å². The van der Waals surface area contributed by atoms with Gasteiger partial charge in [0.15, 0.2) is 11.6 Å². The molecular weight excluding hydrogens is 217 g/mol. The minimum atomic E-state index is -0.291. The Kier molecular flexibility index (Phi) is 4.00. The zero-order chi connectivity index (χ0) is 12.3. The zero-order valence-electron chi connectivity index (χ0n) is 10.3.